The van der Waals surface area contributed by atoms with E-state index < -0.39 is 47.9 Å². The Balaban J connectivity index is 2.84. The minimum absolute atomic E-state index is 0.101. The molecule has 0 bridgehead atoms. The summed E-state index contributed by atoms with van der Waals surface area (Å²) in [4.78, 5) is 48.8. The van der Waals surface area contributed by atoms with Gasteiger partial charge in [-0.15, -0.1) is 0 Å². The van der Waals surface area contributed by atoms with Crippen LogP contribution in [0.5, 0.6) is 0 Å². The number of carbonyl (C=O) groups is 4. The van der Waals surface area contributed by atoms with E-state index in [1.807, 2.05) is 30.3 Å². The molecule has 0 fully saturated rings. The standard InChI is InChI=1S/C21H33N5O5S/c1-13(18(27)26-17(12-32)21(30)31)24-20(29)16(11-14-7-3-2-4-8-14)25-19(28)15(23)9-5-6-10-22/h2-4,7-8,13,15-17,32H,5-6,9-12,22-23H2,1H3,(H,24,29)(H,25,28)(H,26,27)(H,30,31). The molecular formula is C21H33N5O5S. The van der Waals surface area contributed by atoms with Crippen LogP contribution in [-0.4, -0.2) is 65.3 Å². The smallest absolute Gasteiger partial charge is 0.327 e. The highest BCUT2D eigenvalue weighted by Crippen LogP contribution is 2.06. The van der Waals surface area contributed by atoms with Gasteiger partial charge < -0.3 is 32.5 Å². The van der Waals surface area contributed by atoms with E-state index >= 15 is 0 Å². The van der Waals surface area contributed by atoms with Gasteiger partial charge in [0.2, 0.25) is 17.7 Å². The highest BCUT2D eigenvalue weighted by Gasteiger charge is 2.28. The van der Waals surface area contributed by atoms with Crippen LogP contribution in [0.3, 0.4) is 0 Å². The van der Waals surface area contributed by atoms with Crippen molar-refractivity contribution in [3.63, 3.8) is 0 Å². The summed E-state index contributed by atoms with van der Waals surface area (Å²) in [6, 6.07) is 5.10. The van der Waals surface area contributed by atoms with Gasteiger partial charge in [-0.05, 0) is 31.9 Å². The van der Waals surface area contributed by atoms with Crippen molar-refractivity contribution in [3.05, 3.63) is 35.9 Å². The zero-order chi connectivity index (χ0) is 24.1. The molecule has 0 radical (unpaired) electrons. The van der Waals surface area contributed by atoms with Crippen molar-refractivity contribution >= 4 is 36.3 Å². The van der Waals surface area contributed by atoms with Gasteiger partial charge in [0.25, 0.3) is 0 Å². The lowest BCUT2D eigenvalue weighted by atomic mass is 10.0. The number of aliphatic carboxylic acids is 1. The van der Waals surface area contributed by atoms with Crippen LogP contribution in [0.25, 0.3) is 0 Å². The third-order valence-electron chi connectivity index (χ3n) is 4.77. The summed E-state index contributed by atoms with van der Waals surface area (Å²) >= 11 is 3.89. The predicted octanol–water partition coefficient (Wildman–Crippen LogP) is -0.826. The number of carbonyl (C=O) groups excluding carboxylic acids is 3. The van der Waals surface area contributed by atoms with Crippen LogP contribution in [0, 0.1) is 0 Å². The van der Waals surface area contributed by atoms with Gasteiger partial charge in [-0.3, -0.25) is 14.4 Å². The first-order valence-electron chi connectivity index (χ1n) is 10.4. The second kappa shape index (κ2) is 14.4. The van der Waals surface area contributed by atoms with Crippen molar-refractivity contribution in [2.75, 3.05) is 12.3 Å². The minimum Gasteiger partial charge on any atom is -0.480 e. The van der Waals surface area contributed by atoms with Gasteiger partial charge in [0.15, 0.2) is 0 Å². The molecule has 10 nitrogen and oxygen atoms in total. The Hall–Kier alpha value is -2.63. The predicted molar refractivity (Wildman–Crippen MR) is 124 cm³/mol. The summed E-state index contributed by atoms with van der Waals surface area (Å²) in [7, 11) is 0. The highest BCUT2D eigenvalue weighted by molar-refractivity contribution is 7.80. The summed E-state index contributed by atoms with van der Waals surface area (Å²) in [6.45, 7) is 1.92. The maximum Gasteiger partial charge on any atom is 0.327 e. The lowest BCUT2D eigenvalue weighted by Crippen LogP contribution is -2.57. The number of carboxylic acid groups (broad SMARTS) is 1. The molecule has 0 aliphatic carbocycles. The number of rotatable bonds is 14. The van der Waals surface area contributed by atoms with Crippen LogP contribution in [-0.2, 0) is 25.6 Å². The van der Waals surface area contributed by atoms with Crippen molar-refractivity contribution in [1.82, 2.24) is 16.0 Å². The third kappa shape index (κ3) is 9.67. The average Bonchev–Trinajstić information content (AvgIpc) is 2.77. The molecule has 178 valence electrons. The maximum atomic E-state index is 12.9. The van der Waals surface area contributed by atoms with Crippen molar-refractivity contribution in [2.24, 2.45) is 11.5 Å². The van der Waals surface area contributed by atoms with Crippen LogP contribution in [0.4, 0.5) is 0 Å². The van der Waals surface area contributed by atoms with Crippen LogP contribution >= 0.6 is 12.6 Å². The normalized spacial score (nSPS) is 14.5. The van der Waals surface area contributed by atoms with E-state index in [0.29, 0.717) is 19.4 Å². The molecule has 0 aliphatic heterocycles. The molecule has 4 atom stereocenters. The molecule has 4 unspecified atom stereocenters. The van der Waals surface area contributed by atoms with Gasteiger partial charge >= 0.3 is 5.97 Å². The number of amides is 3. The molecule has 0 aromatic heterocycles. The van der Waals surface area contributed by atoms with E-state index in [4.69, 9.17) is 16.6 Å². The average molecular weight is 468 g/mol. The number of unbranched alkanes of at least 4 members (excludes halogenated alkanes) is 1. The number of thiol groups is 1. The fourth-order valence-electron chi connectivity index (χ4n) is 2.84. The number of nitrogens with two attached hydrogens (primary N) is 2. The van der Waals surface area contributed by atoms with Crippen LogP contribution in [0.2, 0.25) is 0 Å². The summed E-state index contributed by atoms with van der Waals surface area (Å²) in [5.74, 6) is -3.07. The summed E-state index contributed by atoms with van der Waals surface area (Å²) in [5, 5.41) is 16.5. The zero-order valence-corrected chi connectivity index (χ0v) is 19.0. The van der Waals surface area contributed by atoms with Crippen LogP contribution < -0.4 is 27.4 Å². The number of nitrogens with one attached hydrogen (secondary N) is 3. The Bertz CT molecular complexity index is 764. The first-order chi connectivity index (χ1) is 15.2. The van der Waals surface area contributed by atoms with Crippen molar-refractivity contribution in [3.8, 4) is 0 Å². The molecule has 0 aliphatic rings. The van der Waals surface area contributed by atoms with E-state index in [-0.39, 0.29) is 12.2 Å². The Labute approximate surface area is 193 Å². The van der Waals surface area contributed by atoms with Crippen LogP contribution in [0.1, 0.15) is 31.7 Å². The molecule has 0 spiro atoms. The van der Waals surface area contributed by atoms with Crippen molar-refractivity contribution in [1.29, 1.82) is 0 Å². The molecule has 3 amide bonds. The number of benzene rings is 1. The lowest BCUT2D eigenvalue weighted by Gasteiger charge is -2.23. The van der Waals surface area contributed by atoms with Gasteiger partial charge in [-0.2, -0.15) is 12.6 Å². The first-order valence-corrected chi connectivity index (χ1v) is 11.1. The van der Waals surface area contributed by atoms with Gasteiger partial charge in [-0.1, -0.05) is 36.8 Å². The summed E-state index contributed by atoms with van der Waals surface area (Å²) in [6.07, 6.45) is 2.05. The largest absolute Gasteiger partial charge is 0.480 e. The van der Waals surface area contributed by atoms with Gasteiger partial charge in [0.05, 0.1) is 6.04 Å². The topological polar surface area (TPSA) is 177 Å². The summed E-state index contributed by atoms with van der Waals surface area (Å²) in [5.41, 5.74) is 12.2. The van der Waals surface area contributed by atoms with Crippen LogP contribution in [0.15, 0.2) is 30.3 Å². The number of carboxylic acids is 1. The number of hydrogen-bond donors (Lipinski definition) is 7. The van der Waals surface area contributed by atoms with Gasteiger partial charge in [0, 0.05) is 12.2 Å². The fourth-order valence-corrected chi connectivity index (χ4v) is 3.09. The van der Waals surface area contributed by atoms with Gasteiger partial charge in [-0.25, -0.2) is 4.79 Å². The first kappa shape index (κ1) is 27.4. The Morgan fingerprint density at radius 3 is 2.16 bits per heavy atom. The summed E-state index contributed by atoms with van der Waals surface area (Å²) < 4.78 is 0. The third-order valence-corrected chi connectivity index (χ3v) is 5.14. The van der Waals surface area contributed by atoms with Crippen molar-refractivity contribution in [2.45, 2.75) is 56.8 Å². The highest BCUT2D eigenvalue weighted by atomic mass is 32.1. The second-order valence-corrected chi connectivity index (χ2v) is 7.82. The molecule has 1 rings (SSSR count). The quantitative estimate of drug-likeness (QED) is 0.138. The van der Waals surface area contributed by atoms with Gasteiger partial charge in [0.1, 0.15) is 18.1 Å². The van der Waals surface area contributed by atoms with E-state index in [1.54, 1.807) is 0 Å². The molecule has 0 saturated carbocycles. The molecule has 11 heteroatoms. The van der Waals surface area contributed by atoms with E-state index in [2.05, 4.69) is 28.6 Å². The molecule has 8 N–H and O–H groups in total. The molecular weight excluding hydrogens is 434 g/mol. The van der Waals surface area contributed by atoms with E-state index in [1.165, 1.54) is 6.92 Å². The molecule has 32 heavy (non-hydrogen) atoms. The van der Waals surface area contributed by atoms with E-state index in [9.17, 15) is 19.2 Å². The second-order valence-electron chi connectivity index (χ2n) is 7.45. The Kier molecular flexibility index (Phi) is 12.4. The minimum atomic E-state index is -1.23. The van der Waals surface area contributed by atoms with E-state index in [0.717, 1.165) is 12.0 Å². The Morgan fingerprint density at radius 1 is 0.969 bits per heavy atom. The molecule has 0 saturated heterocycles. The molecule has 1 aromatic rings. The molecule has 0 heterocycles. The van der Waals surface area contributed by atoms with Crippen molar-refractivity contribution < 1.29 is 24.3 Å². The number of hydrogen-bond acceptors (Lipinski definition) is 7. The fraction of sp³-hybridized carbons (Fsp3) is 0.524. The Morgan fingerprint density at radius 2 is 1.59 bits per heavy atom. The monoisotopic (exact) mass is 467 g/mol. The zero-order valence-electron chi connectivity index (χ0n) is 18.1. The lowest BCUT2D eigenvalue weighted by molar-refractivity contribution is -0.141. The SMILES string of the molecule is CC(NC(=O)C(Cc1ccccc1)NC(=O)C(N)CCCCN)C(=O)NC(CS)C(=O)O. The maximum absolute atomic E-state index is 12.9. The molecule has 1 aromatic carbocycles.